The number of amides is 1. The van der Waals surface area contributed by atoms with E-state index in [4.69, 9.17) is 4.74 Å². The topological polar surface area (TPSA) is 89.5 Å². The van der Waals surface area contributed by atoms with E-state index >= 15 is 0 Å². The number of carbonyl (C=O) groups is 2. The monoisotopic (exact) mass is 389 g/mol. The molecule has 1 atom stereocenters. The van der Waals surface area contributed by atoms with Crippen LogP contribution in [0.5, 0.6) is 0 Å². The molecule has 8 heteroatoms. The molecule has 0 saturated carbocycles. The Morgan fingerprint density at radius 3 is 2.55 bits per heavy atom. The molecule has 120 valence electrons. The summed E-state index contributed by atoms with van der Waals surface area (Å²) in [5.74, 6) is -1.04. The van der Waals surface area contributed by atoms with Crippen LogP contribution in [-0.4, -0.2) is 38.4 Å². The molecule has 1 aliphatic rings. The first kappa shape index (κ1) is 17.0. The minimum absolute atomic E-state index is 0.0210. The summed E-state index contributed by atoms with van der Waals surface area (Å²) < 4.78 is 28.4. The fourth-order valence-corrected chi connectivity index (χ4v) is 4.33. The standard InChI is InChI=1S/C14H16BrNO5S/c15-11-1-3-12(4-2-11)16-13(17)8-21-14(18)7-10-5-6-22(19,20)9-10/h1-4,10H,5-9H2,(H,16,17). The van der Waals surface area contributed by atoms with Crippen LogP contribution in [-0.2, 0) is 24.2 Å². The Morgan fingerprint density at radius 1 is 1.27 bits per heavy atom. The highest BCUT2D eigenvalue weighted by Gasteiger charge is 2.29. The van der Waals surface area contributed by atoms with E-state index < -0.39 is 21.7 Å². The predicted molar refractivity (Wildman–Crippen MR) is 85.1 cm³/mol. The van der Waals surface area contributed by atoms with Gasteiger partial charge in [-0.1, -0.05) is 15.9 Å². The van der Waals surface area contributed by atoms with E-state index in [1.807, 2.05) is 0 Å². The molecular formula is C14H16BrNO5S. The van der Waals surface area contributed by atoms with E-state index in [1.165, 1.54) is 0 Å². The maximum Gasteiger partial charge on any atom is 0.306 e. The second kappa shape index (κ2) is 7.23. The number of rotatable bonds is 5. The van der Waals surface area contributed by atoms with Gasteiger partial charge in [0.1, 0.15) is 0 Å². The van der Waals surface area contributed by atoms with Crippen molar-refractivity contribution in [1.29, 1.82) is 0 Å². The lowest BCUT2D eigenvalue weighted by Gasteiger charge is -2.09. The van der Waals surface area contributed by atoms with Crippen LogP contribution < -0.4 is 5.32 Å². The van der Waals surface area contributed by atoms with Gasteiger partial charge >= 0.3 is 5.97 Å². The maximum atomic E-state index is 11.6. The predicted octanol–water partition coefficient (Wildman–Crippen LogP) is 1.76. The van der Waals surface area contributed by atoms with E-state index in [0.29, 0.717) is 12.1 Å². The second-order valence-electron chi connectivity index (χ2n) is 5.19. The fourth-order valence-electron chi connectivity index (χ4n) is 2.20. The third kappa shape index (κ3) is 5.42. The number of halogens is 1. The molecule has 1 heterocycles. The smallest absolute Gasteiger partial charge is 0.306 e. The van der Waals surface area contributed by atoms with Crippen molar-refractivity contribution in [1.82, 2.24) is 0 Å². The lowest BCUT2D eigenvalue weighted by Crippen LogP contribution is -2.22. The highest BCUT2D eigenvalue weighted by Crippen LogP contribution is 2.21. The molecule has 2 rings (SSSR count). The van der Waals surface area contributed by atoms with Gasteiger partial charge in [0.25, 0.3) is 5.91 Å². The SMILES string of the molecule is O=C(COC(=O)CC1CCS(=O)(=O)C1)Nc1ccc(Br)cc1. The Bertz CT molecular complexity index is 656. The van der Waals surface area contributed by atoms with Crippen molar-refractivity contribution in [2.45, 2.75) is 12.8 Å². The van der Waals surface area contributed by atoms with Gasteiger partial charge < -0.3 is 10.1 Å². The van der Waals surface area contributed by atoms with E-state index in [2.05, 4.69) is 21.2 Å². The van der Waals surface area contributed by atoms with Crippen molar-refractivity contribution in [3.8, 4) is 0 Å². The summed E-state index contributed by atoms with van der Waals surface area (Å²) in [5.41, 5.74) is 0.603. The van der Waals surface area contributed by atoms with Crippen LogP contribution in [0.1, 0.15) is 12.8 Å². The molecule has 1 aromatic rings. The first-order valence-corrected chi connectivity index (χ1v) is 9.37. The Balaban J connectivity index is 1.72. The van der Waals surface area contributed by atoms with Crippen molar-refractivity contribution in [3.63, 3.8) is 0 Å². The molecule has 0 aromatic heterocycles. The van der Waals surface area contributed by atoms with Gasteiger partial charge in [-0.2, -0.15) is 0 Å². The molecule has 1 aliphatic heterocycles. The summed E-state index contributed by atoms with van der Waals surface area (Å²) >= 11 is 3.29. The van der Waals surface area contributed by atoms with Crippen molar-refractivity contribution in [2.24, 2.45) is 5.92 Å². The molecular weight excluding hydrogens is 374 g/mol. The van der Waals surface area contributed by atoms with Gasteiger partial charge in [-0.05, 0) is 36.6 Å². The zero-order valence-corrected chi connectivity index (χ0v) is 14.2. The highest BCUT2D eigenvalue weighted by atomic mass is 79.9. The molecule has 0 radical (unpaired) electrons. The Labute approximate surface area is 137 Å². The number of nitrogens with one attached hydrogen (secondary N) is 1. The number of carbonyl (C=O) groups excluding carboxylic acids is 2. The van der Waals surface area contributed by atoms with Gasteiger partial charge in [0.05, 0.1) is 11.5 Å². The summed E-state index contributed by atoms with van der Waals surface area (Å²) in [6.45, 7) is -0.381. The quantitative estimate of drug-likeness (QED) is 0.774. The highest BCUT2D eigenvalue weighted by molar-refractivity contribution is 9.10. The molecule has 1 unspecified atom stereocenters. The molecule has 0 bridgehead atoms. The van der Waals surface area contributed by atoms with Crippen LogP contribution in [0.15, 0.2) is 28.7 Å². The largest absolute Gasteiger partial charge is 0.456 e. The summed E-state index contributed by atoms with van der Waals surface area (Å²) in [6, 6.07) is 6.99. The van der Waals surface area contributed by atoms with E-state index in [0.717, 1.165) is 4.47 Å². The van der Waals surface area contributed by atoms with Crippen molar-refractivity contribution in [2.75, 3.05) is 23.4 Å². The van der Waals surface area contributed by atoms with Gasteiger partial charge in [0.2, 0.25) is 0 Å². The second-order valence-corrected chi connectivity index (χ2v) is 8.33. The molecule has 0 spiro atoms. The average Bonchev–Trinajstić information content (AvgIpc) is 2.78. The van der Waals surface area contributed by atoms with E-state index in [1.54, 1.807) is 24.3 Å². The number of benzene rings is 1. The minimum atomic E-state index is -3.01. The number of hydrogen-bond acceptors (Lipinski definition) is 5. The first-order valence-electron chi connectivity index (χ1n) is 6.75. The third-order valence-electron chi connectivity index (χ3n) is 3.27. The first-order chi connectivity index (χ1) is 10.3. The van der Waals surface area contributed by atoms with Crippen LogP contribution in [0, 0.1) is 5.92 Å². The van der Waals surface area contributed by atoms with Crippen LogP contribution >= 0.6 is 15.9 Å². The number of sulfone groups is 1. The molecule has 1 fully saturated rings. The van der Waals surface area contributed by atoms with Gasteiger partial charge in [-0.3, -0.25) is 9.59 Å². The third-order valence-corrected chi connectivity index (χ3v) is 5.64. The lowest BCUT2D eigenvalue weighted by atomic mass is 10.1. The molecule has 1 saturated heterocycles. The molecule has 0 aliphatic carbocycles. The minimum Gasteiger partial charge on any atom is -0.456 e. The number of esters is 1. The van der Waals surface area contributed by atoms with Crippen molar-refractivity contribution < 1.29 is 22.7 Å². The van der Waals surface area contributed by atoms with Gasteiger partial charge in [-0.15, -0.1) is 0 Å². The number of hydrogen-bond donors (Lipinski definition) is 1. The Kier molecular flexibility index (Phi) is 5.57. The van der Waals surface area contributed by atoms with Crippen molar-refractivity contribution >= 4 is 43.3 Å². The summed E-state index contributed by atoms with van der Waals surface area (Å²) in [7, 11) is -3.01. The molecule has 22 heavy (non-hydrogen) atoms. The van der Waals surface area contributed by atoms with E-state index in [9.17, 15) is 18.0 Å². The zero-order chi connectivity index (χ0) is 16.2. The van der Waals surface area contributed by atoms with Crippen molar-refractivity contribution in [3.05, 3.63) is 28.7 Å². The number of ether oxygens (including phenoxy) is 1. The molecule has 1 N–H and O–H groups in total. The van der Waals surface area contributed by atoms with E-state index in [-0.39, 0.29) is 30.5 Å². The lowest BCUT2D eigenvalue weighted by molar-refractivity contribution is -0.148. The Morgan fingerprint density at radius 2 is 1.95 bits per heavy atom. The van der Waals surface area contributed by atoms with Gasteiger partial charge in [-0.25, -0.2) is 8.42 Å². The summed E-state index contributed by atoms with van der Waals surface area (Å²) in [5, 5.41) is 2.60. The molecule has 1 amide bonds. The average molecular weight is 390 g/mol. The van der Waals surface area contributed by atoms with Gasteiger partial charge in [0.15, 0.2) is 16.4 Å². The van der Waals surface area contributed by atoms with Crippen LogP contribution in [0.25, 0.3) is 0 Å². The molecule has 1 aromatic carbocycles. The van der Waals surface area contributed by atoms with Gasteiger partial charge in [0, 0.05) is 16.6 Å². The fraction of sp³-hybridized carbons (Fsp3) is 0.429. The maximum absolute atomic E-state index is 11.6. The zero-order valence-electron chi connectivity index (χ0n) is 11.7. The summed E-state index contributed by atoms with van der Waals surface area (Å²) in [6.07, 6.45) is 0.507. The van der Waals surface area contributed by atoms with Crippen LogP contribution in [0.3, 0.4) is 0 Å². The Hall–Kier alpha value is -1.41. The summed E-state index contributed by atoms with van der Waals surface area (Å²) in [4.78, 5) is 23.3. The van der Waals surface area contributed by atoms with Crippen LogP contribution in [0.4, 0.5) is 5.69 Å². The number of anilines is 1. The normalized spacial score (nSPS) is 19.6. The van der Waals surface area contributed by atoms with Crippen LogP contribution in [0.2, 0.25) is 0 Å². The molecule has 6 nitrogen and oxygen atoms in total.